The molecule has 2 rings (SSSR count). The van der Waals surface area contributed by atoms with Crippen molar-refractivity contribution < 1.29 is 5.11 Å². The summed E-state index contributed by atoms with van der Waals surface area (Å²) in [6.45, 7) is 9.56. The van der Waals surface area contributed by atoms with E-state index in [-0.39, 0.29) is 0 Å². The highest BCUT2D eigenvalue weighted by atomic mass is 16.2. The first kappa shape index (κ1) is 14.2. The first-order valence-electron chi connectivity index (χ1n) is 7.09. The molecular formula is C14H24N4O. The van der Waals surface area contributed by atoms with Crippen LogP contribution in [0, 0.1) is 13.8 Å². The van der Waals surface area contributed by atoms with Gasteiger partial charge in [-0.15, -0.1) is 0 Å². The lowest BCUT2D eigenvalue weighted by Crippen LogP contribution is -2.47. The summed E-state index contributed by atoms with van der Waals surface area (Å²) < 4.78 is 0. The molecule has 0 aromatic carbocycles. The van der Waals surface area contributed by atoms with Gasteiger partial charge < -0.3 is 10.0 Å². The Morgan fingerprint density at radius 1 is 1.11 bits per heavy atom. The quantitative estimate of drug-likeness (QED) is 0.804. The number of hydrogen-bond donors (Lipinski definition) is 1. The Morgan fingerprint density at radius 3 is 2.47 bits per heavy atom. The van der Waals surface area contributed by atoms with Crippen LogP contribution in [0.15, 0.2) is 6.07 Å². The van der Waals surface area contributed by atoms with Gasteiger partial charge >= 0.3 is 0 Å². The van der Waals surface area contributed by atoms with E-state index < -0.39 is 0 Å². The standard InChI is InChI=1S/C14H24N4O/c1-12-11-14(16-13(2)15-12)18-8-6-17(7-9-18)5-3-4-10-19/h11,19H,3-10H2,1-2H3. The molecule has 5 heteroatoms. The van der Waals surface area contributed by atoms with E-state index in [1.54, 1.807) is 0 Å². The monoisotopic (exact) mass is 264 g/mol. The number of anilines is 1. The van der Waals surface area contributed by atoms with E-state index in [1.165, 1.54) is 0 Å². The maximum atomic E-state index is 8.80. The van der Waals surface area contributed by atoms with Crippen LogP contribution < -0.4 is 4.90 Å². The van der Waals surface area contributed by atoms with E-state index >= 15 is 0 Å². The fourth-order valence-corrected chi connectivity index (χ4v) is 2.51. The molecule has 1 aliphatic heterocycles. The number of hydrogen-bond acceptors (Lipinski definition) is 5. The van der Waals surface area contributed by atoms with Gasteiger partial charge in [0.15, 0.2) is 0 Å². The molecule has 0 unspecified atom stereocenters. The Balaban J connectivity index is 1.85. The van der Waals surface area contributed by atoms with Gasteiger partial charge in [-0.25, -0.2) is 9.97 Å². The van der Waals surface area contributed by atoms with Crippen molar-refractivity contribution >= 4 is 5.82 Å². The zero-order valence-electron chi connectivity index (χ0n) is 12.0. The molecule has 0 aliphatic carbocycles. The third kappa shape index (κ3) is 4.14. The third-order valence-corrected chi connectivity index (χ3v) is 3.53. The minimum absolute atomic E-state index is 0.305. The first-order chi connectivity index (χ1) is 9.19. The zero-order valence-corrected chi connectivity index (χ0v) is 12.0. The summed E-state index contributed by atoms with van der Waals surface area (Å²) >= 11 is 0. The third-order valence-electron chi connectivity index (χ3n) is 3.53. The smallest absolute Gasteiger partial charge is 0.132 e. The molecule has 0 amide bonds. The second kappa shape index (κ2) is 6.82. The molecule has 1 aliphatic rings. The second-order valence-corrected chi connectivity index (χ2v) is 5.17. The van der Waals surface area contributed by atoms with Gasteiger partial charge in [-0.1, -0.05) is 0 Å². The van der Waals surface area contributed by atoms with Crippen LogP contribution in [0.25, 0.3) is 0 Å². The summed E-state index contributed by atoms with van der Waals surface area (Å²) in [5.41, 5.74) is 1.04. The van der Waals surface area contributed by atoms with Gasteiger partial charge in [-0.2, -0.15) is 0 Å². The highest BCUT2D eigenvalue weighted by Gasteiger charge is 2.18. The molecule has 0 spiro atoms. The van der Waals surface area contributed by atoms with Gasteiger partial charge in [0.05, 0.1) is 0 Å². The van der Waals surface area contributed by atoms with Crippen molar-refractivity contribution in [2.45, 2.75) is 26.7 Å². The van der Waals surface area contributed by atoms with Crippen LogP contribution in [0.5, 0.6) is 0 Å². The number of aryl methyl sites for hydroxylation is 2. The fourth-order valence-electron chi connectivity index (χ4n) is 2.51. The molecule has 1 aromatic heterocycles. The van der Waals surface area contributed by atoms with E-state index in [2.05, 4.69) is 25.8 Å². The van der Waals surface area contributed by atoms with Crippen LogP contribution in [-0.2, 0) is 0 Å². The van der Waals surface area contributed by atoms with Crippen LogP contribution >= 0.6 is 0 Å². The molecule has 0 saturated carbocycles. The molecule has 1 aromatic rings. The molecule has 106 valence electrons. The van der Waals surface area contributed by atoms with Crippen LogP contribution in [0.1, 0.15) is 24.4 Å². The van der Waals surface area contributed by atoms with Gasteiger partial charge in [0.1, 0.15) is 11.6 Å². The van der Waals surface area contributed by atoms with E-state index in [0.717, 1.165) is 62.9 Å². The number of unbranched alkanes of at least 4 members (excludes halogenated alkanes) is 1. The maximum absolute atomic E-state index is 8.80. The second-order valence-electron chi connectivity index (χ2n) is 5.17. The minimum atomic E-state index is 0.305. The average Bonchev–Trinajstić information content (AvgIpc) is 2.39. The highest BCUT2D eigenvalue weighted by molar-refractivity contribution is 5.40. The number of aliphatic hydroxyl groups excluding tert-OH is 1. The summed E-state index contributed by atoms with van der Waals surface area (Å²) in [7, 11) is 0. The molecule has 0 atom stereocenters. The van der Waals surface area contributed by atoms with Gasteiger partial charge in [0, 0.05) is 44.5 Å². The normalized spacial score (nSPS) is 16.9. The predicted molar refractivity (Wildman–Crippen MR) is 76.5 cm³/mol. The Hall–Kier alpha value is -1.20. The lowest BCUT2D eigenvalue weighted by atomic mass is 10.2. The van der Waals surface area contributed by atoms with Gasteiger partial charge in [-0.3, -0.25) is 4.90 Å². The van der Waals surface area contributed by atoms with E-state index in [0.29, 0.717) is 6.61 Å². The molecule has 5 nitrogen and oxygen atoms in total. The predicted octanol–water partition coefficient (Wildman–Crippen LogP) is 0.988. The van der Waals surface area contributed by atoms with Gasteiger partial charge in [-0.05, 0) is 33.2 Å². The Morgan fingerprint density at radius 2 is 1.84 bits per heavy atom. The van der Waals surface area contributed by atoms with Crippen molar-refractivity contribution in [3.8, 4) is 0 Å². The summed E-state index contributed by atoms with van der Waals surface area (Å²) in [6.07, 6.45) is 1.99. The van der Waals surface area contributed by atoms with Crippen molar-refractivity contribution in [2.75, 3.05) is 44.2 Å². The maximum Gasteiger partial charge on any atom is 0.132 e. The van der Waals surface area contributed by atoms with Crippen molar-refractivity contribution in [1.29, 1.82) is 0 Å². The molecule has 1 fully saturated rings. The van der Waals surface area contributed by atoms with E-state index in [9.17, 15) is 0 Å². The van der Waals surface area contributed by atoms with Crippen molar-refractivity contribution in [3.63, 3.8) is 0 Å². The summed E-state index contributed by atoms with van der Waals surface area (Å²) in [6, 6.07) is 2.06. The van der Waals surface area contributed by atoms with Gasteiger partial charge in [0.2, 0.25) is 0 Å². The molecule has 1 N–H and O–H groups in total. The van der Waals surface area contributed by atoms with Crippen molar-refractivity contribution in [1.82, 2.24) is 14.9 Å². The fraction of sp³-hybridized carbons (Fsp3) is 0.714. The summed E-state index contributed by atoms with van der Waals surface area (Å²) in [4.78, 5) is 13.6. The molecule has 0 radical (unpaired) electrons. The summed E-state index contributed by atoms with van der Waals surface area (Å²) in [5.74, 6) is 1.90. The van der Waals surface area contributed by atoms with Gasteiger partial charge in [0.25, 0.3) is 0 Å². The minimum Gasteiger partial charge on any atom is -0.396 e. The SMILES string of the molecule is Cc1cc(N2CCN(CCCCO)CC2)nc(C)n1. The number of piperazine rings is 1. The largest absolute Gasteiger partial charge is 0.396 e. The van der Waals surface area contributed by atoms with Crippen LogP contribution in [0.4, 0.5) is 5.82 Å². The first-order valence-corrected chi connectivity index (χ1v) is 7.09. The number of aliphatic hydroxyl groups is 1. The van der Waals surface area contributed by atoms with Crippen molar-refractivity contribution in [3.05, 3.63) is 17.6 Å². The van der Waals surface area contributed by atoms with Crippen LogP contribution in [-0.4, -0.2) is 59.3 Å². The topological polar surface area (TPSA) is 52.5 Å². The van der Waals surface area contributed by atoms with E-state index in [4.69, 9.17) is 5.11 Å². The summed E-state index contributed by atoms with van der Waals surface area (Å²) in [5, 5.41) is 8.80. The Kier molecular flexibility index (Phi) is 5.10. The molecule has 2 heterocycles. The number of aromatic nitrogens is 2. The zero-order chi connectivity index (χ0) is 13.7. The van der Waals surface area contributed by atoms with Crippen molar-refractivity contribution in [2.24, 2.45) is 0 Å². The molecule has 19 heavy (non-hydrogen) atoms. The molecular weight excluding hydrogens is 240 g/mol. The average molecular weight is 264 g/mol. The molecule has 0 bridgehead atoms. The van der Waals surface area contributed by atoms with Crippen LogP contribution in [0.2, 0.25) is 0 Å². The Bertz CT molecular complexity index is 382. The number of rotatable bonds is 5. The lowest BCUT2D eigenvalue weighted by molar-refractivity contribution is 0.232. The lowest BCUT2D eigenvalue weighted by Gasteiger charge is -2.35. The highest BCUT2D eigenvalue weighted by Crippen LogP contribution is 2.15. The molecule has 1 saturated heterocycles. The Labute approximate surface area is 115 Å². The van der Waals surface area contributed by atoms with Crippen LogP contribution in [0.3, 0.4) is 0 Å². The van der Waals surface area contributed by atoms with E-state index in [1.807, 2.05) is 13.8 Å². The number of nitrogens with zero attached hydrogens (tertiary/aromatic N) is 4.